The van der Waals surface area contributed by atoms with Gasteiger partial charge in [-0.2, -0.15) is 0 Å². The lowest BCUT2D eigenvalue weighted by Gasteiger charge is -2.53. The summed E-state index contributed by atoms with van der Waals surface area (Å²) in [4.78, 5) is 34.3. The molecule has 15 heteroatoms. The number of nitrogens with two attached hydrogens (primary N) is 3. The van der Waals surface area contributed by atoms with Gasteiger partial charge in [0.15, 0.2) is 0 Å². The van der Waals surface area contributed by atoms with Crippen molar-refractivity contribution < 1.29 is 23.5 Å². The largest absolute Gasteiger partial charge is 0.507 e. The number of piperazine rings is 1. The molecule has 8 N–H and O–H groups in total. The molecule has 1 aromatic heterocycles. The molecule has 13 nitrogen and oxygen atoms in total. The lowest BCUT2D eigenvalue weighted by atomic mass is 9.60. The summed E-state index contributed by atoms with van der Waals surface area (Å²) >= 11 is 0. The van der Waals surface area contributed by atoms with Crippen LogP contribution in [0.2, 0.25) is 0 Å². The predicted molar refractivity (Wildman–Crippen MR) is 249 cm³/mol. The molecule has 2 atom stereocenters. The van der Waals surface area contributed by atoms with Crippen molar-refractivity contribution in [1.82, 2.24) is 19.7 Å². The van der Waals surface area contributed by atoms with E-state index in [1.807, 2.05) is 24.4 Å². The van der Waals surface area contributed by atoms with Crippen molar-refractivity contribution in [3.63, 3.8) is 0 Å². The average Bonchev–Trinajstić information content (AvgIpc) is 3.81. The third kappa shape index (κ3) is 8.41. The highest BCUT2D eigenvalue weighted by atomic mass is 19.1. The Bertz CT molecular complexity index is 2410. The van der Waals surface area contributed by atoms with E-state index < -0.39 is 11.8 Å². The number of likely N-dealkylation sites (tertiary alicyclic amines) is 2. The number of benzene rings is 3. The fourth-order valence-electron chi connectivity index (χ4n) is 11.5. The van der Waals surface area contributed by atoms with Gasteiger partial charge >= 0.3 is 6.03 Å². The van der Waals surface area contributed by atoms with Gasteiger partial charge in [-0.25, -0.2) is 13.6 Å². The van der Waals surface area contributed by atoms with E-state index in [4.69, 9.17) is 17.2 Å². The molecule has 64 heavy (non-hydrogen) atoms. The van der Waals surface area contributed by atoms with Gasteiger partial charge in [-0.1, -0.05) is 12.1 Å². The Morgan fingerprint density at radius 1 is 0.906 bits per heavy atom. The maximum absolute atomic E-state index is 15.6. The highest BCUT2D eigenvalue weighted by Crippen LogP contribution is 2.55. The Kier molecular flexibility index (Phi) is 12.1. The predicted octanol–water partition coefficient (Wildman–Crippen LogP) is 6.43. The van der Waals surface area contributed by atoms with E-state index in [-0.39, 0.29) is 48.1 Å². The van der Waals surface area contributed by atoms with E-state index in [9.17, 15) is 14.7 Å². The molecule has 2 amide bonds. The number of para-hydroxylation sites is 1. The van der Waals surface area contributed by atoms with Crippen LogP contribution < -0.4 is 37.2 Å². The smallest absolute Gasteiger partial charge is 0.321 e. The van der Waals surface area contributed by atoms with E-state index >= 15 is 8.78 Å². The summed E-state index contributed by atoms with van der Waals surface area (Å²) in [7, 11) is 1.50. The number of carbonyl (C=O) groups excluding carboxylic acids is 2. The van der Waals surface area contributed by atoms with Crippen LogP contribution in [0.1, 0.15) is 69.4 Å². The molecule has 5 aliphatic rings. The number of aromatic nitrogens is 1. The summed E-state index contributed by atoms with van der Waals surface area (Å²) in [6.45, 7) is 6.39. The third-order valence-corrected chi connectivity index (χ3v) is 15.0. The summed E-state index contributed by atoms with van der Waals surface area (Å²) in [5.41, 5.74) is 23.5. The molecule has 5 fully saturated rings. The van der Waals surface area contributed by atoms with Gasteiger partial charge in [-0.3, -0.25) is 4.90 Å². The fourth-order valence-corrected chi connectivity index (χ4v) is 11.5. The van der Waals surface area contributed by atoms with Crippen molar-refractivity contribution in [2.75, 3.05) is 74.1 Å². The van der Waals surface area contributed by atoms with E-state index in [1.54, 1.807) is 36.4 Å². The van der Waals surface area contributed by atoms with Gasteiger partial charge in [0.05, 0.1) is 22.6 Å². The van der Waals surface area contributed by atoms with Crippen molar-refractivity contribution in [2.45, 2.75) is 75.9 Å². The summed E-state index contributed by atoms with van der Waals surface area (Å²) in [6.07, 6.45) is 13.2. The Hall–Kier alpha value is -5.96. The van der Waals surface area contributed by atoms with Crippen LogP contribution in [0.4, 0.5) is 30.6 Å². The molecule has 2 bridgehead atoms. The Morgan fingerprint density at radius 3 is 2.30 bits per heavy atom. The van der Waals surface area contributed by atoms with Gasteiger partial charge in [0, 0.05) is 105 Å². The number of hydrogen-bond donors (Lipinski definition) is 5. The highest BCUT2D eigenvalue weighted by molar-refractivity contribution is 5.95. The highest BCUT2D eigenvalue weighted by Gasteiger charge is 2.47. The number of allylic oxidation sites excluding steroid dienone is 1. The number of halogens is 2. The summed E-state index contributed by atoms with van der Waals surface area (Å²) < 4.78 is 33.3. The number of piperidine rings is 2. The van der Waals surface area contributed by atoms with Crippen LogP contribution in [0, 0.1) is 23.0 Å². The number of carbonyl (C=O) groups is 2. The Labute approximate surface area is 374 Å². The summed E-state index contributed by atoms with van der Waals surface area (Å²) in [5, 5.41) is 13.8. The van der Waals surface area contributed by atoms with Gasteiger partial charge in [0.2, 0.25) is 0 Å². The number of phenolic OH excluding ortho intramolecular Hbond substituents is 1. The zero-order valence-corrected chi connectivity index (χ0v) is 36.8. The Balaban J connectivity index is 0.766. The first-order valence-corrected chi connectivity index (χ1v) is 23.0. The van der Waals surface area contributed by atoms with Crippen molar-refractivity contribution in [1.29, 1.82) is 0 Å². The number of rotatable bonds is 12. The minimum atomic E-state index is -0.475. The van der Waals surface area contributed by atoms with Crippen molar-refractivity contribution in [2.24, 2.45) is 28.5 Å². The maximum atomic E-state index is 15.6. The number of nitrogens with zero attached hydrogens (tertiary/aromatic N) is 6. The fraction of sp³-hybridized carbons (Fsp3) is 0.469. The third-order valence-electron chi connectivity index (χ3n) is 15.0. The average molecular weight is 877 g/mol. The monoisotopic (exact) mass is 876 g/mol. The van der Waals surface area contributed by atoms with Crippen LogP contribution in [0.5, 0.6) is 5.75 Å². The van der Waals surface area contributed by atoms with Crippen LogP contribution >= 0.6 is 0 Å². The van der Waals surface area contributed by atoms with Gasteiger partial charge in [-0.15, -0.1) is 0 Å². The van der Waals surface area contributed by atoms with Gasteiger partial charge in [0.25, 0.3) is 0 Å². The molecule has 4 aliphatic heterocycles. The standard InChI is InChI=1S/C49H62F2N10O3/c1-55-48(64)60(16-4-22-62)44-23-33-13-19-59(42(33)25-40(44)51)37-27-49(28-37)14-20-56(21-15-49)29-32-11-17-57(18-12-32)43-24-34(9-10-39(43)50)61-35-7-8-36(61)31-58(30-35)45(47(53)54)26-41(52)38-5-2-3-6-46(38)63/h2-3,5-6,9-10,13,19,22-26,32,35-37,63H,4,7-8,11-12,14-18,20-21,27-31,52-54H2,1H3,(H,55,64)/b41-26-. The van der Waals surface area contributed by atoms with Crippen LogP contribution in [0.15, 0.2) is 84.5 Å². The molecule has 1 spiro atoms. The number of aromatic hydroxyl groups is 1. The first-order valence-electron chi connectivity index (χ1n) is 23.0. The molecular formula is C49H62F2N10O3. The van der Waals surface area contributed by atoms with Crippen LogP contribution in [-0.2, 0) is 4.79 Å². The molecule has 3 aromatic carbocycles. The molecule has 340 valence electrons. The van der Waals surface area contributed by atoms with Crippen LogP contribution in [-0.4, -0.2) is 103 Å². The van der Waals surface area contributed by atoms with E-state index in [1.165, 1.54) is 18.0 Å². The first kappa shape index (κ1) is 43.3. The molecule has 0 radical (unpaired) electrons. The number of nitrogens with one attached hydrogen (secondary N) is 1. The molecule has 2 unspecified atom stereocenters. The van der Waals surface area contributed by atoms with Crippen molar-refractivity contribution in [3.05, 3.63) is 102 Å². The van der Waals surface area contributed by atoms with E-state index in [0.717, 1.165) is 107 Å². The number of hydrogen-bond acceptors (Lipinski definition) is 10. The zero-order valence-electron chi connectivity index (χ0n) is 36.8. The first-order chi connectivity index (χ1) is 30.9. The van der Waals surface area contributed by atoms with Crippen LogP contribution in [0.25, 0.3) is 16.6 Å². The number of fused-ring (bicyclic) bond motifs is 3. The lowest BCUT2D eigenvalue weighted by molar-refractivity contribution is -0.107. The molecule has 1 aliphatic carbocycles. The SMILES string of the molecule is CNC(=O)N(CCC=O)c1cc2ccn(C3CC4(CCN(CC5CCN(c6cc(N7C8CCC7CN(C(/C=C(\N)c7ccccc7O)=C(N)N)C8)ccc6F)CC5)CC4)C3)c2cc1F. The second-order valence-electron chi connectivity index (χ2n) is 18.8. The topological polar surface area (TPSA) is 166 Å². The number of anilines is 3. The second-order valence-corrected chi connectivity index (χ2v) is 18.8. The molecule has 5 heterocycles. The van der Waals surface area contributed by atoms with Gasteiger partial charge < -0.3 is 56.6 Å². The van der Waals surface area contributed by atoms with Crippen LogP contribution in [0.3, 0.4) is 0 Å². The van der Waals surface area contributed by atoms with E-state index in [2.05, 4.69) is 35.5 Å². The van der Waals surface area contributed by atoms with Gasteiger partial charge in [-0.05, 0) is 124 Å². The van der Waals surface area contributed by atoms with E-state index in [0.29, 0.717) is 53.1 Å². The van der Waals surface area contributed by atoms with Gasteiger partial charge in [0.1, 0.15) is 29.5 Å². The molecule has 1 saturated carbocycles. The van der Waals surface area contributed by atoms with Crippen molar-refractivity contribution >= 4 is 46.0 Å². The van der Waals surface area contributed by atoms with Crippen molar-refractivity contribution in [3.8, 4) is 5.75 Å². The normalized spacial score (nSPS) is 21.6. The second kappa shape index (κ2) is 17.9. The molecule has 4 saturated heterocycles. The molecular weight excluding hydrogens is 815 g/mol. The maximum Gasteiger partial charge on any atom is 0.321 e. The number of amides is 2. The summed E-state index contributed by atoms with van der Waals surface area (Å²) in [5.74, 6) is 0.190. The minimum Gasteiger partial charge on any atom is -0.507 e. The number of aldehydes is 1. The number of urea groups is 1. The lowest BCUT2D eigenvalue weighted by Crippen LogP contribution is -2.54. The Morgan fingerprint density at radius 2 is 1.62 bits per heavy atom. The minimum absolute atomic E-state index is 0.0945. The molecule has 4 aromatic rings. The quantitative estimate of drug-likeness (QED) is 0.0791. The molecule has 9 rings (SSSR count). The zero-order chi connectivity index (χ0) is 44.7. The summed E-state index contributed by atoms with van der Waals surface area (Å²) in [6, 6.07) is 18.0. The number of phenols is 1.